The van der Waals surface area contributed by atoms with E-state index >= 15 is 0 Å². The summed E-state index contributed by atoms with van der Waals surface area (Å²) in [7, 11) is 0. The number of rotatable bonds is 8. The van der Waals surface area contributed by atoms with Gasteiger partial charge in [-0.05, 0) is 30.9 Å². The molecule has 1 saturated heterocycles. The van der Waals surface area contributed by atoms with E-state index in [0.29, 0.717) is 12.6 Å². The molecule has 176 valence electrons. The van der Waals surface area contributed by atoms with E-state index in [-0.39, 0.29) is 24.0 Å². The van der Waals surface area contributed by atoms with E-state index < -0.39 is 0 Å². The maximum atomic E-state index is 4.81. The molecule has 0 saturated carbocycles. The molecule has 0 spiro atoms. The molecular weight excluding hydrogens is 523 g/mol. The second-order valence-corrected chi connectivity index (χ2v) is 8.41. The predicted octanol–water partition coefficient (Wildman–Crippen LogP) is 4.27. The molecular formula is C26H35IN6. The highest BCUT2D eigenvalue weighted by atomic mass is 127. The topological polar surface area (TPSA) is 57.5 Å². The van der Waals surface area contributed by atoms with Gasteiger partial charge >= 0.3 is 0 Å². The molecule has 4 rings (SSSR count). The highest BCUT2D eigenvalue weighted by molar-refractivity contribution is 14.0. The Labute approximate surface area is 214 Å². The molecule has 1 aromatic heterocycles. The number of aliphatic imine (C=N–C) groups is 1. The van der Waals surface area contributed by atoms with Crippen LogP contribution < -0.4 is 10.6 Å². The summed E-state index contributed by atoms with van der Waals surface area (Å²) in [6.07, 6.45) is 6.26. The minimum Gasteiger partial charge on any atom is -0.357 e. The third-order valence-electron chi connectivity index (χ3n) is 5.82. The Kier molecular flexibility index (Phi) is 10.2. The number of hydrogen-bond acceptors (Lipinski definition) is 3. The quantitative estimate of drug-likeness (QED) is 0.247. The van der Waals surface area contributed by atoms with Crippen LogP contribution in [0.1, 0.15) is 36.5 Å². The number of benzene rings is 2. The predicted molar refractivity (Wildman–Crippen MR) is 146 cm³/mol. The van der Waals surface area contributed by atoms with Crippen LogP contribution in [0.25, 0.3) is 0 Å². The van der Waals surface area contributed by atoms with Crippen LogP contribution in [0.4, 0.5) is 0 Å². The van der Waals surface area contributed by atoms with E-state index in [0.717, 1.165) is 57.1 Å². The van der Waals surface area contributed by atoms with Crippen molar-refractivity contribution in [1.29, 1.82) is 0 Å². The maximum Gasteiger partial charge on any atom is 0.191 e. The van der Waals surface area contributed by atoms with Crippen LogP contribution in [0.2, 0.25) is 0 Å². The van der Waals surface area contributed by atoms with Gasteiger partial charge in [-0.2, -0.15) is 5.10 Å². The summed E-state index contributed by atoms with van der Waals surface area (Å²) in [5, 5.41) is 11.5. The number of hydrogen-bond donors (Lipinski definition) is 2. The molecule has 0 aliphatic carbocycles. The van der Waals surface area contributed by atoms with Crippen LogP contribution in [0, 0.1) is 0 Å². The third-order valence-corrected chi connectivity index (χ3v) is 5.82. The summed E-state index contributed by atoms with van der Waals surface area (Å²) in [5.74, 6) is 0.893. The average Bonchev–Trinajstić information content (AvgIpc) is 3.27. The first kappa shape index (κ1) is 25.2. The second-order valence-electron chi connectivity index (χ2n) is 8.41. The van der Waals surface area contributed by atoms with E-state index in [1.54, 1.807) is 0 Å². The van der Waals surface area contributed by atoms with Gasteiger partial charge in [-0.25, -0.2) is 4.99 Å². The first-order chi connectivity index (χ1) is 15.8. The number of nitrogens with zero attached hydrogens (tertiary/aromatic N) is 4. The molecule has 7 heteroatoms. The van der Waals surface area contributed by atoms with E-state index in [9.17, 15) is 0 Å². The van der Waals surface area contributed by atoms with Gasteiger partial charge in [0.05, 0.1) is 19.3 Å². The zero-order valence-corrected chi connectivity index (χ0v) is 21.7. The molecule has 1 fully saturated rings. The van der Waals surface area contributed by atoms with Crippen LogP contribution in [-0.2, 0) is 19.6 Å². The fourth-order valence-electron chi connectivity index (χ4n) is 4.11. The number of guanidine groups is 1. The first-order valence-electron chi connectivity index (χ1n) is 11.6. The van der Waals surface area contributed by atoms with Gasteiger partial charge in [-0.1, -0.05) is 60.7 Å². The maximum absolute atomic E-state index is 4.81. The highest BCUT2D eigenvalue weighted by Crippen LogP contribution is 2.14. The van der Waals surface area contributed by atoms with Crippen molar-refractivity contribution < 1.29 is 0 Å². The average molecular weight is 559 g/mol. The largest absolute Gasteiger partial charge is 0.357 e. The van der Waals surface area contributed by atoms with Crippen molar-refractivity contribution in [1.82, 2.24) is 25.3 Å². The van der Waals surface area contributed by atoms with Crippen molar-refractivity contribution in [2.45, 2.75) is 45.4 Å². The zero-order valence-electron chi connectivity index (χ0n) is 19.4. The minimum absolute atomic E-state index is 0. The van der Waals surface area contributed by atoms with Crippen LogP contribution in [0.15, 0.2) is 78.0 Å². The molecule has 0 atom stereocenters. The first-order valence-corrected chi connectivity index (χ1v) is 11.6. The normalized spacial score (nSPS) is 15.1. The highest BCUT2D eigenvalue weighted by Gasteiger charge is 2.20. The Bertz CT molecular complexity index is 965. The number of aromatic nitrogens is 2. The summed E-state index contributed by atoms with van der Waals surface area (Å²) in [6.45, 7) is 7.62. The molecule has 0 amide bonds. The molecule has 3 aromatic rings. The Morgan fingerprint density at radius 3 is 2.21 bits per heavy atom. The van der Waals surface area contributed by atoms with E-state index in [4.69, 9.17) is 4.99 Å². The smallest absolute Gasteiger partial charge is 0.191 e. The van der Waals surface area contributed by atoms with E-state index in [1.807, 2.05) is 16.9 Å². The SMILES string of the molecule is CCNC(=NCc1cnn(Cc2ccccc2)c1)NC1CCN(Cc2ccccc2)CC1.I. The summed E-state index contributed by atoms with van der Waals surface area (Å²) in [4.78, 5) is 7.35. The third kappa shape index (κ3) is 8.16. The summed E-state index contributed by atoms with van der Waals surface area (Å²) >= 11 is 0. The fraction of sp³-hybridized carbons (Fsp3) is 0.385. The molecule has 6 nitrogen and oxygen atoms in total. The van der Waals surface area contributed by atoms with Gasteiger partial charge in [0.1, 0.15) is 0 Å². The van der Waals surface area contributed by atoms with Crippen LogP contribution >= 0.6 is 24.0 Å². The lowest BCUT2D eigenvalue weighted by Crippen LogP contribution is -2.48. The van der Waals surface area contributed by atoms with Crippen LogP contribution in [0.3, 0.4) is 0 Å². The monoisotopic (exact) mass is 558 g/mol. The van der Waals surface area contributed by atoms with Gasteiger partial charge in [0.25, 0.3) is 0 Å². The lowest BCUT2D eigenvalue weighted by Gasteiger charge is -2.33. The summed E-state index contributed by atoms with van der Waals surface area (Å²) in [5.41, 5.74) is 3.76. The van der Waals surface area contributed by atoms with Gasteiger partial charge in [-0.15, -0.1) is 24.0 Å². The number of piperidine rings is 1. The number of halogens is 1. The van der Waals surface area contributed by atoms with Crippen molar-refractivity contribution >= 4 is 29.9 Å². The van der Waals surface area contributed by atoms with Gasteiger partial charge in [-0.3, -0.25) is 9.58 Å². The number of likely N-dealkylation sites (tertiary alicyclic amines) is 1. The molecule has 1 aliphatic rings. The molecule has 2 N–H and O–H groups in total. The lowest BCUT2D eigenvalue weighted by atomic mass is 10.0. The van der Waals surface area contributed by atoms with Gasteiger partial charge < -0.3 is 10.6 Å². The molecule has 2 aromatic carbocycles. The van der Waals surface area contributed by atoms with Crippen molar-refractivity contribution in [2.24, 2.45) is 4.99 Å². The van der Waals surface area contributed by atoms with Crippen molar-refractivity contribution in [3.05, 3.63) is 89.7 Å². The van der Waals surface area contributed by atoms with Crippen molar-refractivity contribution in [2.75, 3.05) is 19.6 Å². The van der Waals surface area contributed by atoms with Crippen molar-refractivity contribution in [3.8, 4) is 0 Å². The fourth-order valence-corrected chi connectivity index (χ4v) is 4.11. The molecule has 2 heterocycles. The molecule has 0 bridgehead atoms. The van der Waals surface area contributed by atoms with Crippen LogP contribution in [-0.4, -0.2) is 46.3 Å². The number of nitrogens with one attached hydrogen (secondary N) is 2. The molecule has 1 aliphatic heterocycles. The summed E-state index contributed by atoms with van der Waals surface area (Å²) < 4.78 is 1.98. The Hall–Kier alpha value is -2.39. The molecule has 0 radical (unpaired) electrons. The Morgan fingerprint density at radius 2 is 1.58 bits per heavy atom. The van der Waals surface area contributed by atoms with Gasteiger partial charge in [0.2, 0.25) is 0 Å². The van der Waals surface area contributed by atoms with E-state index in [1.165, 1.54) is 11.1 Å². The Balaban J connectivity index is 0.00000306. The lowest BCUT2D eigenvalue weighted by molar-refractivity contribution is 0.198. The molecule has 0 unspecified atom stereocenters. The second kappa shape index (κ2) is 13.3. The molecule has 33 heavy (non-hydrogen) atoms. The minimum atomic E-state index is 0. The Morgan fingerprint density at radius 1 is 0.939 bits per heavy atom. The van der Waals surface area contributed by atoms with Gasteiger partial charge in [0, 0.05) is 44.0 Å². The van der Waals surface area contributed by atoms with E-state index in [2.05, 4.69) is 88.4 Å². The van der Waals surface area contributed by atoms with Crippen LogP contribution in [0.5, 0.6) is 0 Å². The summed E-state index contributed by atoms with van der Waals surface area (Å²) in [6, 6.07) is 21.6. The standard InChI is InChI=1S/C26H34N6.HI/c1-2-27-26(28-17-24-18-29-32(21-24)20-23-11-7-4-8-12-23)30-25-13-15-31(16-14-25)19-22-9-5-3-6-10-22;/h3-12,18,21,25H,2,13-17,19-20H2,1H3,(H2,27,28,30);1H. The van der Waals surface area contributed by atoms with Gasteiger partial charge in [0.15, 0.2) is 5.96 Å². The zero-order chi connectivity index (χ0) is 22.0. The van der Waals surface area contributed by atoms with Crippen molar-refractivity contribution in [3.63, 3.8) is 0 Å².